The molecule has 2 aromatic rings. The third-order valence-corrected chi connectivity index (χ3v) is 2.61. The number of halogens is 2. The molecule has 0 aliphatic heterocycles. The lowest BCUT2D eigenvalue weighted by Gasteiger charge is -2.16. The van der Waals surface area contributed by atoms with Gasteiger partial charge in [0.05, 0.1) is 0 Å². The molecule has 1 N–H and O–H groups in total. The van der Waals surface area contributed by atoms with Gasteiger partial charge in [-0.1, -0.05) is 6.07 Å². The Morgan fingerprint density at radius 1 is 1.41 bits per heavy atom. The first kappa shape index (κ1) is 12.0. The highest BCUT2D eigenvalue weighted by Gasteiger charge is 2.31. The summed E-state index contributed by atoms with van der Waals surface area (Å²) >= 11 is 0. The minimum Gasteiger partial charge on any atom is -0.441 e. The normalized spacial score (nSPS) is 12.2. The number of fused-ring (bicyclic) bond motifs is 1. The van der Waals surface area contributed by atoms with Crippen molar-refractivity contribution < 1.29 is 13.2 Å². The van der Waals surface area contributed by atoms with E-state index in [4.69, 9.17) is 4.42 Å². The van der Waals surface area contributed by atoms with Gasteiger partial charge in [0.15, 0.2) is 11.5 Å². The second kappa shape index (κ2) is 4.41. The van der Waals surface area contributed by atoms with Gasteiger partial charge in [0.2, 0.25) is 0 Å². The van der Waals surface area contributed by atoms with Crippen LogP contribution in [0.15, 0.2) is 22.6 Å². The van der Waals surface area contributed by atoms with E-state index in [0.29, 0.717) is 17.0 Å². The smallest absolute Gasteiger partial charge is 0.274 e. The van der Waals surface area contributed by atoms with Gasteiger partial charge in [0.25, 0.3) is 5.92 Å². The number of oxazole rings is 1. The van der Waals surface area contributed by atoms with E-state index in [1.54, 1.807) is 20.0 Å². The Hall–Kier alpha value is -1.49. The molecule has 3 nitrogen and oxygen atoms in total. The summed E-state index contributed by atoms with van der Waals surface area (Å²) in [7, 11) is 1.65. The Bertz CT molecular complexity index is 522. The number of hydrogen-bond donors (Lipinski definition) is 1. The third kappa shape index (κ3) is 2.44. The van der Waals surface area contributed by atoms with Crippen LogP contribution in [0.3, 0.4) is 0 Å². The predicted molar refractivity (Wildman–Crippen MR) is 61.2 cm³/mol. The molecule has 1 heterocycles. The van der Waals surface area contributed by atoms with Crippen LogP contribution >= 0.6 is 0 Å². The lowest BCUT2D eigenvalue weighted by Crippen LogP contribution is -2.20. The molecular weight excluding hydrogens is 226 g/mol. The first-order valence-corrected chi connectivity index (χ1v) is 5.43. The van der Waals surface area contributed by atoms with Gasteiger partial charge in [0, 0.05) is 25.5 Å². The van der Waals surface area contributed by atoms with Gasteiger partial charge in [-0.15, -0.1) is 0 Å². The maximum atomic E-state index is 13.8. The van der Waals surface area contributed by atoms with Crippen molar-refractivity contribution in [1.29, 1.82) is 0 Å². The molecule has 2 rings (SSSR count). The topological polar surface area (TPSA) is 38.1 Å². The van der Waals surface area contributed by atoms with Gasteiger partial charge in [-0.2, -0.15) is 0 Å². The number of nitrogens with one attached hydrogen (secondary N) is 1. The maximum absolute atomic E-state index is 13.8. The molecule has 5 heteroatoms. The fraction of sp³-hybridized carbons (Fsp3) is 0.417. The molecule has 17 heavy (non-hydrogen) atoms. The Balaban J connectivity index is 2.34. The Labute approximate surface area is 97.8 Å². The Morgan fingerprint density at radius 2 is 2.18 bits per heavy atom. The van der Waals surface area contributed by atoms with E-state index < -0.39 is 5.92 Å². The van der Waals surface area contributed by atoms with Gasteiger partial charge in [0.1, 0.15) is 5.52 Å². The fourth-order valence-electron chi connectivity index (χ4n) is 1.69. The quantitative estimate of drug-likeness (QED) is 0.893. The first-order valence-electron chi connectivity index (χ1n) is 5.43. The highest BCUT2D eigenvalue weighted by atomic mass is 19.3. The van der Waals surface area contributed by atoms with Crippen molar-refractivity contribution in [3.8, 4) is 0 Å². The Morgan fingerprint density at radius 3 is 2.88 bits per heavy atom. The number of rotatable bonds is 4. The molecule has 92 valence electrons. The average molecular weight is 240 g/mol. The molecule has 0 radical (unpaired) electrons. The van der Waals surface area contributed by atoms with Crippen molar-refractivity contribution in [1.82, 2.24) is 10.3 Å². The molecule has 0 saturated heterocycles. The van der Waals surface area contributed by atoms with Gasteiger partial charge in [-0.25, -0.2) is 13.8 Å². The van der Waals surface area contributed by atoms with Crippen LogP contribution in [-0.4, -0.2) is 18.6 Å². The summed E-state index contributed by atoms with van der Waals surface area (Å²) in [6.07, 6.45) is -0.234. The number of alkyl halides is 2. The number of benzene rings is 1. The minimum absolute atomic E-state index is 0.0311. The molecule has 1 aromatic carbocycles. The van der Waals surface area contributed by atoms with Crippen molar-refractivity contribution in [2.24, 2.45) is 0 Å². The molecule has 0 bridgehead atoms. The highest BCUT2D eigenvalue weighted by Crippen LogP contribution is 2.33. The van der Waals surface area contributed by atoms with E-state index in [1.165, 1.54) is 12.1 Å². The van der Waals surface area contributed by atoms with Crippen molar-refractivity contribution >= 4 is 11.1 Å². The largest absolute Gasteiger partial charge is 0.441 e. The summed E-state index contributed by atoms with van der Waals surface area (Å²) in [5.74, 6) is -2.37. The molecular formula is C12H14F2N2O. The number of aromatic nitrogens is 1. The van der Waals surface area contributed by atoms with Gasteiger partial charge < -0.3 is 9.73 Å². The van der Waals surface area contributed by atoms with Crippen LogP contribution in [0.25, 0.3) is 11.1 Å². The zero-order chi connectivity index (χ0) is 12.5. The molecule has 0 saturated carbocycles. The van der Waals surface area contributed by atoms with Crippen molar-refractivity contribution in [2.75, 3.05) is 13.6 Å². The van der Waals surface area contributed by atoms with Crippen LogP contribution in [0.4, 0.5) is 8.78 Å². The van der Waals surface area contributed by atoms with E-state index in [2.05, 4.69) is 10.3 Å². The molecule has 0 aliphatic carbocycles. The lowest BCUT2D eigenvalue weighted by molar-refractivity contribution is -0.0123. The van der Waals surface area contributed by atoms with Crippen LogP contribution in [-0.2, 0) is 5.92 Å². The van der Waals surface area contributed by atoms with E-state index in [0.717, 1.165) is 0 Å². The zero-order valence-corrected chi connectivity index (χ0v) is 9.76. The summed E-state index contributed by atoms with van der Waals surface area (Å²) in [6.45, 7) is 1.96. The molecule has 0 spiro atoms. The van der Waals surface area contributed by atoms with Crippen molar-refractivity contribution in [3.05, 3.63) is 29.7 Å². The first-order chi connectivity index (χ1) is 8.03. The zero-order valence-electron chi connectivity index (χ0n) is 9.76. The predicted octanol–water partition coefficient (Wildman–Crippen LogP) is 2.84. The van der Waals surface area contributed by atoms with Gasteiger partial charge in [-0.3, -0.25) is 0 Å². The minimum atomic E-state index is -2.85. The lowest BCUT2D eigenvalue weighted by atomic mass is 10.1. The van der Waals surface area contributed by atoms with Gasteiger partial charge >= 0.3 is 0 Å². The number of aryl methyl sites for hydroxylation is 1. The third-order valence-electron chi connectivity index (χ3n) is 2.61. The van der Waals surface area contributed by atoms with E-state index in [1.807, 2.05) is 0 Å². The summed E-state index contributed by atoms with van der Waals surface area (Å²) in [5, 5.41) is 2.72. The van der Waals surface area contributed by atoms with Crippen LogP contribution in [0.1, 0.15) is 17.9 Å². The highest BCUT2D eigenvalue weighted by molar-refractivity contribution is 5.73. The molecule has 0 aliphatic rings. The van der Waals surface area contributed by atoms with Crippen LogP contribution < -0.4 is 5.32 Å². The molecule has 0 unspecified atom stereocenters. The second-order valence-corrected chi connectivity index (χ2v) is 3.97. The fourth-order valence-corrected chi connectivity index (χ4v) is 1.69. The average Bonchev–Trinajstić information content (AvgIpc) is 2.65. The van der Waals surface area contributed by atoms with E-state index in [-0.39, 0.29) is 18.5 Å². The SMILES string of the molecule is CNCCC(F)(F)c1ccc2nc(C)oc2c1. The molecule has 1 aromatic heterocycles. The van der Waals surface area contributed by atoms with Crippen LogP contribution in [0, 0.1) is 6.92 Å². The van der Waals surface area contributed by atoms with E-state index >= 15 is 0 Å². The maximum Gasteiger partial charge on any atom is 0.274 e. The standard InChI is InChI=1S/C12H14F2N2O/c1-8-16-10-4-3-9(7-11(10)17-8)12(13,14)5-6-15-2/h3-4,7,15H,5-6H2,1-2H3. The molecule has 0 fully saturated rings. The second-order valence-electron chi connectivity index (χ2n) is 3.97. The number of hydrogen-bond acceptors (Lipinski definition) is 3. The molecule has 0 atom stereocenters. The van der Waals surface area contributed by atoms with Crippen molar-refractivity contribution in [3.63, 3.8) is 0 Å². The summed E-state index contributed by atoms with van der Waals surface area (Å²) in [5.41, 5.74) is 0.983. The molecule has 0 amide bonds. The summed E-state index contributed by atoms with van der Waals surface area (Å²) < 4.78 is 32.8. The Kier molecular flexibility index (Phi) is 3.11. The van der Waals surface area contributed by atoms with Crippen molar-refractivity contribution in [2.45, 2.75) is 19.3 Å². The van der Waals surface area contributed by atoms with Crippen LogP contribution in [0.5, 0.6) is 0 Å². The van der Waals surface area contributed by atoms with Crippen LogP contribution in [0.2, 0.25) is 0 Å². The number of nitrogens with zero attached hydrogens (tertiary/aromatic N) is 1. The van der Waals surface area contributed by atoms with E-state index in [9.17, 15) is 8.78 Å². The monoisotopic (exact) mass is 240 g/mol. The summed E-state index contributed by atoms with van der Waals surface area (Å²) in [6, 6.07) is 4.33. The van der Waals surface area contributed by atoms with Gasteiger partial charge in [-0.05, 0) is 19.2 Å². The summed E-state index contributed by atoms with van der Waals surface area (Å²) in [4.78, 5) is 4.07.